The summed E-state index contributed by atoms with van der Waals surface area (Å²) in [5.41, 5.74) is 1.55. The van der Waals surface area contributed by atoms with Gasteiger partial charge >= 0.3 is 5.97 Å². The summed E-state index contributed by atoms with van der Waals surface area (Å²) in [5, 5.41) is 16.6. The fourth-order valence-electron chi connectivity index (χ4n) is 1.54. The molecule has 0 aliphatic carbocycles. The Kier molecular flexibility index (Phi) is 3.82. The highest BCUT2D eigenvalue weighted by molar-refractivity contribution is 5.69. The molecule has 0 unspecified atom stereocenters. The van der Waals surface area contributed by atoms with E-state index in [1.54, 1.807) is 0 Å². The lowest BCUT2D eigenvalue weighted by atomic mass is 10.1. The monoisotopic (exact) mass is 211 g/mol. The molecule has 0 amide bonds. The van der Waals surface area contributed by atoms with Crippen molar-refractivity contribution in [2.75, 3.05) is 0 Å². The van der Waals surface area contributed by atoms with Crippen LogP contribution in [0.4, 0.5) is 0 Å². The van der Waals surface area contributed by atoms with Crippen LogP contribution in [-0.2, 0) is 17.6 Å². The highest BCUT2D eigenvalue weighted by Crippen LogP contribution is 2.14. The maximum Gasteiger partial charge on any atom is 0.309 e. The van der Waals surface area contributed by atoms with Crippen LogP contribution >= 0.6 is 0 Å². The number of nitrogens with zero attached hydrogens (tertiary/aromatic N) is 3. The number of carboxylic acids is 1. The molecule has 5 nitrogen and oxygen atoms in total. The van der Waals surface area contributed by atoms with E-state index in [0.29, 0.717) is 5.69 Å². The molecule has 0 bridgehead atoms. The second-order valence-electron chi connectivity index (χ2n) is 3.84. The average molecular weight is 211 g/mol. The molecule has 0 fully saturated rings. The fourth-order valence-corrected chi connectivity index (χ4v) is 1.54. The number of rotatable bonds is 5. The van der Waals surface area contributed by atoms with Crippen LogP contribution < -0.4 is 0 Å². The molecule has 1 N–H and O–H groups in total. The third kappa shape index (κ3) is 2.78. The van der Waals surface area contributed by atoms with Crippen molar-refractivity contribution in [2.45, 2.75) is 46.1 Å². The quantitative estimate of drug-likeness (QED) is 0.800. The molecule has 0 aliphatic heterocycles. The summed E-state index contributed by atoms with van der Waals surface area (Å²) in [4.78, 5) is 10.6. The zero-order chi connectivity index (χ0) is 11.4. The Morgan fingerprint density at radius 1 is 1.53 bits per heavy atom. The van der Waals surface area contributed by atoms with Gasteiger partial charge in [-0.2, -0.15) is 0 Å². The van der Waals surface area contributed by atoms with Gasteiger partial charge in [0.25, 0.3) is 0 Å². The Labute approximate surface area is 89.1 Å². The summed E-state index contributed by atoms with van der Waals surface area (Å²) in [6.45, 7) is 6.08. The number of carboxylic acid groups (broad SMARTS) is 1. The molecule has 0 atom stereocenters. The van der Waals surface area contributed by atoms with E-state index in [-0.39, 0.29) is 12.5 Å². The minimum Gasteiger partial charge on any atom is -0.481 e. The standard InChI is InChI=1S/C10H17N3O2/c1-4-5-9-8(6-10(14)15)11-12-13(9)7(2)3/h7H,4-6H2,1-3H3,(H,14,15). The minimum absolute atomic E-state index is 0.0396. The first-order chi connectivity index (χ1) is 7.06. The van der Waals surface area contributed by atoms with Crippen LogP contribution in [0.1, 0.15) is 44.6 Å². The number of carbonyl (C=O) groups is 1. The number of aromatic nitrogens is 3. The summed E-state index contributed by atoms with van der Waals surface area (Å²) in [5.74, 6) is -0.858. The van der Waals surface area contributed by atoms with Crippen molar-refractivity contribution in [3.8, 4) is 0 Å². The van der Waals surface area contributed by atoms with Crippen molar-refractivity contribution in [3.05, 3.63) is 11.4 Å². The normalized spacial score (nSPS) is 10.9. The highest BCUT2D eigenvalue weighted by Gasteiger charge is 2.16. The fraction of sp³-hybridized carbons (Fsp3) is 0.700. The molecule has 1 aromatic rings. The summed E-state index contributed by atoms with van der Waals surface area (Å²) < 4.78 is 1.81. The summed E-state index contributed by atoms with van der Waals surface area (Å²) >= 11 is 0. The van der Waals surface area contributed by atoms with Gasteiger partial charge in [-0.1, -0.05) is 18.6 Å². The average Bonchev–Trinajstić information content (AvgIpc) is 2.48. The maximum absolute atomic E-state index is 10.6. The first-order valence-electron chi connectivity index (χ1n) is 5.21. The van der Waals surface area contributed by atoms with Crippen LogP contribution in [0, 0.1) is 0 Å². The lowest BCUT2D eigenvalue weighted by Crippen LogP contribution is -2.10. The van der Waals surface area contributed by atoms with E-state index in [0.717, 1.165) is 18.5 Å². The van der Waals surface area contributed by atoms with Gasteiger partial charge in [-0.25, -0.2) is 4.68 Å². The predicted octanol–water partition coefficient (Wildman–Crippen LogP) is 1.44. The van der Waals surface area contributed by atoms with Crippen LogP contribution in [-0.4, -0.2) is 26.1 Å². The van der Waals surface area contributed by atoms with Gasteiger partial charge in [0.2, 0.25) is 0 Å². The Morgan fingerprint density at radius 2 is 2.20 bits per heavy atom. The lowest BCUT2D eigenvalue weighted by molar-refractivity contribution is -0.136. The Bertz CT molecular complexity index is 344. The zero-order valence-corrected chi connectivity index (χ0v) is 9.40. The van der Waals surface area contributed by atoms with Crippen molar-refractivity contribution < 1.29 is 9.90 Å². The van der Waals surface area contributed by atoms with Crippen LogP contribution in [0.15, 0.2) is 0 Å². The molecule has 1 heterocycles. The van der Waals surface area contributed by atoms with E-state index in [4.69, 9.17) is 5.11 Å². The van der Waals surface area contributed by atoms with Crippen LogP contribution in [0.3, 0.4) is 0 Å². The van der Waals surface area contributed by atoms with Crippen molar-refractivity contribution in [1.82, 2.24) is 15.0 Å². The first kappa shape index (κ1) is 11.7. The molecule has 0 spiro atoms. The van der Waals surface area contributed by atoms with Gasteiger partial charge < -0.3 is 5.11 Å². The van der Waals surface area contributed by atoms with Gasteiger partial charge in [-0.3, -0.25) is 4.79 Å². The molecule has 0 radical (unpaired) electrons. The van der Waals surface area contributed by atoms with Crippen LogP contribution in [0.25, 0.3) is 0 Å². The van der Waals surface area contributed by atoms with E-state index in [1.807, 2.05) is 18.5 Å². The molecule has 1 aromatic heterocycles. The second-order valence-corrected chi connectivity index (χ2v) is 3.84. The zero-order valence-electron chi connectivity index (χ0n) is 9.40. The number of hydrogen-bond donors (Lipinski definition) is 1. The summed E-state index contributed by atoms with van der Waals surface area (Å²) in [7, 11) is 0. The SMILES string of the molecule is CCCc1c(CC(=O)O)nnn1C(C)C. The molecule has 84 valence electrons. The Hall–Kier alpha value is -1.39. The minimum atomic E-state index is -0.858. The van der Waals surface area contributed by atoms with Gasteiger partial charge in [0.1, 0.15) is 0 Å². The molecular weight excluding hydrogens is 194 g/mol. The van der Waals surface area contributed by atoms with Crippen LogP contribution in [0.2, 0.25) is 0 Å². The van der Waals surface area contributed by atoms with E-state index < -0.39 is 5.97 Å². The number of aliphatic carboxylic acids is 1. The van der Waals surface area contributed by atoms with E-state index >= 15 is 0 Å². The maximum atomic E-state index is 10.6. The second kappa shape index (κ2) is 4.91. The van der Waals surface area contributed by atoms with Crippen molar-refractivity contribution in [3.63, 3.8) is 0 Å². The van der Waals surface area contributed by atoms with Crippen molar-refractivity contribution in [1.29, 1.82) is 0 Å². The molecule has 0 aromatic carbocycles. The molecule has 1 rings (SSSR count). The van der Waals surface area contributed by atoms with Gasteiger partial charge in [-0.15, -0.1) is 5.10 Å². The van der Waals surface area contributed by atoms with Gasteiger partial charge in [0.05, 0.1) is 17.8 Å². The van der Waals surface area contributed by atoms with E-state index in [1.165, 1.54) is 0 Å². The summed E-state index contributed by atoms with van der Waals surface area (Å²) in [6, 6.07) is 0.224. The van der Waals surface area contributed by atoms with E-state index in [2.05, 4.69) is 17.2 Å². The van der Waals surface area contributed by atoms with Crippen molar-refractivity contribution in [2.24, 2.45) is 0 Å². The molecule has 0 saturated heterocycles. The first-order valence-corrected chi connectivity index (χ1v) is 5.21. The van der Waals surface area contributed by atoms with Gasteiger partial charge in [-0.05, 0) is 20.3 Å². The third-order valence-electron chi connectivity index (χ3n) is 2.17. The Morgan fingerprint density at radius 3 is 2.67 bits per heavy atom. The molecule has 0 aliphatic rings. The topological polar surface area (TPSA) is 68.0 Å². The van der Waals surface area contributed by atoms with Crippen LogP contribution in [0.5, 0.6) is 0 Å². The smallest absolute Gasteiger partial charge is 0.309 e. The molecular formula is C10H17N3O2. The van der Waals surface area contributed by atoms with Gasteiger partial charge in [0.15, 0.2) is 0 Å². The largest absolute Gasteiger partial charge is 0.481 e. The summed E-state index contributed by atoms with van der Waals surface area (Å²) in [6.07, 6.45) is 1.75. The molecule has 0 saturated carbocycles. The van der Waals surface area contributed by atoms with Gasteiger partial charge in [0, 0.05) is 6.04 Å². The molecule has 5 heteroatoms. The Balaban J connectivity index is 3.00. The molecule has 15 heavy (non-hydrogen) atoms. The lowest BCUT2D eigenvalue weighted by Gasteiger charge is -2.09. The highest BCUT2D eigenvalue weighted by atomic mass is 16.4. The van der Waals surface area contributed by atoms with E-state index in [9.17, 15) is 4.79 Å². The van der Waals surface area contributed by atoms with Crippen molar-refractivity contribution >= 4 is 5.97 Å². The predicted molar refractivity (Wildman–Crippen MR) is 55.7 cm³/mol. The third-order valence-corrected chi connectivity index (χ3v) is 2.17. The number of hydrogen-bond acceptors (Lipinski definition) is 3.